The lowest BCUT2D eigenvalue weighted by atomic mass is 10.0. The molecule has 6 nitrogen and oxygen atoms in total. The minimum Gasteiger partial charge on any atom is -0.379 e. The number of likely N-dealkylation sites (N-methyl/N-ethyl adjacent to an activating group) is 1. The van der Waals surface area contributed by atoms with Crippen LogP contribution >= 0.6 is 0 Å². The van der Waals surface area contributed by atoms with Crippen molar-refractivity contribution in [2.45, 2.75) is 25.5 Å². The normalized spacial score (nSPS) is 29.3. The number of piperidine rings is 1. The van der Waals surface area contributed by atoms with E-state index >= 15 is 0 Å². The first-order chi connectivity index (χ1) is 9.15. The molecular weight excluding hydrogens is 244 g/mol. The standard InChI is InChI=1S/C13H26N4O2/c1-3-16-8-9-17(13(16)18)7-6-15-5-4-11(14)12(10-15)19-2/h11-12H,3-10,14H2,1-2H3/t11-,12+/m0/s1. The second-order valence-electron chi connectivity index (χ2n) is 5.38. The van der Waals surface area contributed by atoms with Crippen LogP contribution in [0.2, 0.25) is 0 Å². The molecule has 2 aliphatic rings. The number of ether oxygens (including phenoxy) is 1. The van der Waals surface area contributed by atoms with Crippen LogP contribution < -0.4 is 5.73 Å². The number of hydrogen-bond donors (Lipinski definition) is 1. The van der Waals surface area contributed by atoms with Gasteiger partial charge in [0.15, 0.2) is 0 Å². The van der Waals surface area contributed by atoms with E-state index < -0.39 is 0 Å². The Hall–Kier alpha value is -0.850. The molecule has 0 spiro atoms. The Balaban J connectivity index is 1.75. The van der Waals surface area contributed by atoms with Gasteiger partial charge in [-0.3, -0.25) is 4.90 Å². The van der Waals surface area contributed by atoms with Crippen molar-refractivity contribution >= 4 is 6.03 Å². The molecular formula is C13H26N4O2. The predicted molar refractivity (Wildman–Crippen MR) is 74.0 cm³/mol. The van der Waals surface area contributed by atoms with E-state index in [2.05, 4.69) is 4.90 Å². The Morgan fingerprint density at radius 3 is 2.63 bits per heavy atom. The van der Waals surface area contributed by atoms with Gasteiger partial charge < -0.3 is 20.3 Å². The third kappa shape index (κ3) is 3.38. The highest BCUT2D eigenvalue weighted by Crippen LogP contribution is 2.13. The lowest BCUT2D eigenvalue weighted by Crippen LogP contribution is -2.52. The van der Waals surface area contributed by atoms with Gasteiger partial charge in [-0.15, -0.1) is 0 Å². The molecule has 2 fully saturated rings. The summed E-state index contributed by atoms with van der Waals surface area (Å²) in [4.78, 5) is 18.2. The molecule has 0 aromatic heterocycles. The smallest absolute Gasteiger partial charge is 0.320 e. The third-order valence-corrected chi connectivity index (χ3v) is 4.25. The quantitative estimate of drug-likeness (QED) is 0.751. The average Bonchev–Trinajstić information content (AvgIpc) is 2.78. The summed E-state index contributed by atoms with van der Waals surface area (Å²) in [7, 11) is 1.72. The van der Waals surface area contributed by atoms with Crippen LogP contribution in [0.3, 0.4) is 0 Å². The Morgan fingerprint density at radius 2 is 2.00 bits per heavy atom. The number of hydrogen-bond acceptors (Lipinski definition) is 4. The SMILES string of the molecule is CCN1CCN(CCN2CC[C@H](N)[C@H](OC)C2)C1=O. The first-order valence-corrected chi connectivity index (χ1v) is 7.20. The number of carbonyl (C=O) groups excluding carboxylic acids is 1. The summed E-state index contributed by atoms with van der Waals surface area (Å²) in [5, 5.41) is 0. The van der Waals surface area contributed by atoms with Crippen molar-refractivity contribution in [1.29, 1.82) is 0 Å². The highest BCUT2D eigenvalue weighted by atomic mass is 16.5. The maximum absolute atomic E-state index is 12.0. The van der Waals surface area contributed by atoms with Gasteiger partial charge in [0.05, 0.1) is 6.10 Å². The Bertz CT molecular complexity index is 313. The van der Waals surface area contributed by atoms with Crippen LogP contribution in [0, 0.1) is 0 Å². The third-order valence-electron chi connectivity index (χ3n) is 4.25. The number of likely N-dealkylation sites (tertiary alicyclic amines) is 1. The van der Waals surface area contributed by atoms with Gasteiger partial charge in [0.1, 0.15) is 0 Å². The van der Waals surface area contributed by atoms with Crippen molar-refractivity contribution in [2.24, 2.45) is 5.73 Å². The molecule has 2 amide bonds. The summed E-state index contributed by atoms with van der Waals surface area (Å²) in [5.74, 6) is 0. The number of amides is 2. The summed E-state index contributed by atoms with van der Waals surface area (Å²) in [6.45, 7) is 8.14. The van der Waals surface area contributed by atoms with E-state index in [4.69, 9.17) is 10.5 Å². The zero-order chi connectivity index (χ0) is 13.8. The lowest BCUT2D eigenvalue weighted by molar-refractivity contribution is 0.0153. The van der Waals surface area contributed by atoms with Gasteiger partial charge in [0.2, 0.25) is 0 Å². The zero-order valence-corrected chi connectivity index (χ0v) is 12.0. The van der Waals surface area contributed by atoms with E-state index in [0.29, 0.717) is 0 Å². The fraction of sp³-hybridized carbons (Fsp3) is 0.923. The number of rotatable bonds is 5. The van der Waals surface area contributed by atoms with Crippen LogP contribution in [0.15, 0.2) is 0 Å². The summed E-state index contributed by atoms with van der Waals surface area (Å²) in [6.07, 6.45) is 1.09. The summed E-state index contributed by atoms with van der Waals surface area (Å²) in [6, 6.07) is 0.324. The number of urea groups is 1. The van der Waals surface area contributed by atoms with Crippen molar-refractivity contribution in [1.82, 2.24) is 14.7 Å². The van der Waals surface area contributed by atoms with Crippen molar-refractivity contribution in [2.75, 3.05) is 52.9 Å². The van der Waals surface area contributed by atoms with Crippen LogP contribution in [0.4, 0.5) is 4.79 Å². The van der Waals surface area contributed by atoms with Gasteiger partial charge in [-0.25, -0.2) is 4.79 Å². The molecule has 0 bridgehead atoms. The molecule has 2 aliphatic heterocycles. The molecule has 110 valence electrons. The molecule has 0 unspecified atom stereocenters. The molecule has 0 radical (unpaired) electrons. The van der Waals surface area contributed by atoms with Crippen molar-refractivity contribution in [3.63, 3.8) is 0 Å². The molecule has 2 saturated heterocycles. The molecule has 0 saturated carbocycles. The van der Waals surface area contributed by atoms with E-state index in [1.54, 1.807) is 7.11 Å². The summed E-state index contributed by atoms with van der Waals surface area (Å²) >= 11 is 0. The average molecular weight is 270 g/mol. The topological polar surface area (TPSA) is 62.0 Å². The van der Waals surface area contributed by atoms with Crippen LogP contribution in [0.25, 0.3) is 0 Å². The number of carbonyl (C=O) groups is 1. The Morgan fingerprint density at radius 1 is 1.26 bits per heavy atom. The van der Waals surface area contributed by atoms with E-state index in [1.807, 2.05) is 16.7 Å². The Kier molecular flexibility index (Phi) is 5.01. The number of nitrogens with zero attached hydrogens (tertiary/aromatic N) is 3. The maximum atomic E-state index is 12.0. The van der Waals surface area contributed by atoms with Gasteiger partial charge >= 0.3 is 6.03 Å². The second-order valence-corrected chi connectivity index (χ2v) is 5.38. The predicted octanol–water partition coefficient (Wildman–Crippen LogP) is -0.208. The van der Waals surface area contributed by atoms with Gasteiger partial charge in [0, 0.05) is 52.4 Å². The fourth-order valence-electron chi connectivity index (χ4n) is 2.85. The van der Waals surface area contributed by atoms with E-state index in [-0.39, 0.29) is 18.2 Å². The maximum Gasteiger partial charge on any atom is 0.320 e. The largest absolute Gasteiger partial charge is 0.379 e. The zero-order valence-electron chi connectivity index (χ0n) is 12.0. The minimum absolute atomic E-state index is 0.121. The Labute approximate surface area is 115 Å². The van der Waals surface area contributed by atoms with Crippen molar-refractivity contribution in [3.05, 3.63) is 0 Å². The van der Waals surface area contributed by atoms with E-state index in [0.717, 1.165) is 52.2 Å². The van der Waals surface area contributed by atoms with Crippen LogP contribution in [-0.4, -0.2) is 85.8 Å². The van der Waals surface area contributed by atoms with Gasteiger partial charge in [-0.1, -0.05) is 0 Å². The minimum atomic E-state index is 0.121. The molecule has 6 heteroatoms. The summed E-state index contributed by atoms with van der Waals surface area (Å²) in [5.41, 5.74) is 6.01. The molecule has 19 heavy (non-hydrogen) atoms. The monoisotopic (exact) mass is 270 g/mol. The van der Waals surface area contributed by atoms with E-state index in [1.165, 1.54) is 0 Å². The second kappa shape index (κ2) is 6.54. The van der Waals surface area contributed by atoms with Crippen LogP contribution in [-0.2, 0) is 4.74 Å². The first kappa shape index (κ1) is 14.6. The van der Waals surface area contributed by atoms with Gasteiger partial charge in [0.25, 0.3) is 0 Å². The molecule has 2 N–H and O–H groups in total. The van der Waals surface area contributed by atoms with Gasteiger partial charge in [-0.05, 0) is 19.9 Å². The molecule has 2 heterocycles. The number of methoxy groups -OCH3 is 1. The highest BCUT2D eigenvalue weighted by Gasteiger charge is 2.29. The molecule has 2 rings (SSSR count). The molecule has 0 aliphatic carbocycles. The highest BCUT2D eigenvalue weighted by molar-refractivity contribution is 5.76. The molecule has 0 aromatic rings. The van der Waals surface area contributed by atoms with Crippen LogP contribution in [0.5, 0.6) is 0 Å². The summed E-state index contributed by atoms with van der Waals surface area (Å²) < 4.78 is 5.41. The van der Waals surface area contributed by atoms with Crippen molar-refractivity contribution < 1.29 is 9.53 Å². The fourth-order valence-corrected chi connectivity index (χ4v) is 2.85. The van der Waals surface area contributed by atoms with Gasteiger partial charge in [-0.2, -0.15) is 0 Å². The van der Waals surface area contributed by atoms with E-state index in [9.17, 15) is 4.79 Å². The number of nitrogens with two attached hydrogens (primary N) is 1. The van der Waals surface area contributed by atoms with Crippen LogP contribution in [0.1, 0.15) is 13.3 Å². The first-order valence-electron chi connectivity index (χ1n) is 7.20. The lowest BCUT2D eigenvalue weighted by Gasteiger charge is -2.36. The molecule has 2 atom stereocenters. The molecule has 0 aromatic carbocycles. The van der Waals surface area contributed by atoms with Crippen molar-refractivity contribution in [3.8, 4) is 0 Å².